The molecule has 4 rings (SSSR count). The average Bonchev–Trinajstić information content (AvgIpc) is 3.44. The second kappa shape index (κ2) is 9.36. The summed E-state index contributed by atoms with van der Waals surface area (Å²) in [5.74, 6) is -0.369. The van der Waals surface area contributed by atoms with Gasteiger partial charge in [-0.3, -0.25) is 9.59 Å². The van der Waals surface area contributed by atoms with E-state index in [9.17, 15) is 22.8 Å². The first kappa shape index (κ1) is 23.6. The van der Waals surface area contributed by atoms with Crippen LogP contribution in [0.1, 0.15) is 36.5 Å². The number of benzene rings is 2. The first-order valence-corrected chi connectivity index (χ1v) is 11.0. The van der Waals surface area contributed by atoms with Gasteiger partial charge in [0.25, 0.3) is 5.91 Å². The minimum atomic E-state index is -4.79. The summed E-state index contributed by atoms with van der Waals surface area (Å²) in [7, 11) is 1.74. The normalized spacial score (nSPS) is 18.1. The van der Waals surface area contributed by atoms with Crippen LogP contribution in [-0.2, 0) is 4.79 Å². The lowest BCUT2D eigenvalue weighted by atomic mass is 10.1. The Labute approximate surface area is 193 Å². The number of hydrogen-bond donors (Lipinski definition) is 1. The van der Waals surface area contributed by atoms with Crippen LogP contribution in [0.2, 0.25) is 0 Å². The van der Waals surface area contributed by atoms with E-state index < -0.39 is 6.36 Å². The Balaban J connectivity index is 1.45. The van der Waals surface area contributed by atoms with Gasteiger partial charge in [-0.15, -0.1) is 13.2 Å². The van der Waals surface area contributed by atoms with Crippen molar-refractivity contribution < 1.29 is 31.9 Å². The van der Waals surface area contributed by atoms with E-state index in [1.54, 1.807) is 36.2 Å². The molecule has 34 heavy (non-hydrogen) atoms. The molecule has 1 heterocycles. The van der Waals surface area contributed by atoms with Gasteiger partial charge in [-0.05, 0) is 62.6 Å². The number of alkyl halides is 3. The molecule has 3 aromatic rings. The minimum Gasteiger partial charge on any atom is -0.436 e. The number of nitrogens with one attached hydrogen (secondary N) is 1. The molecule has 1 fully saturated rings. The third kappa shape index (κ3) is 5.16. The van der Waals surface area contributed by atoms with Crippen LogP contribution in [0.3, 0.4) is 0 Å². The SMILES string of the molecule is CCNC(=O)[C@H]1CC[C@@H](N(C)C(=O)c2ccc(-c3nc4cc(OC(F)(F)F)ccc4o3)cc2)C1. The number of hydrogen-bond acceptors (Lipinski definition) is 5. The number of ether oxygens (including phenoxy) is 1. The number of oxazole rings is 1. The van der Waals surface area contributed by atoms with E-state index in [4.69, 9.17) is 4.42 Å². The monoisotopic (exact) mass is 475 g/mol. The standard InChI is InChI=1S/C24H24F3N3O4/c1-3-28-21(31)16-8-9-17(12-16)30(2)23(32)15-6-4-14(5-7-15)22-29-19-13-18(34-24(25,26)27)10-11-20(19)33-22/h4-7,10-11,13,16-17H,3,8-9,12H2,1-2H3,(H,28,31)/t16-,17+/m0/s1. The van der Waals surface area contributed by atoms with Gasteiger partial charge in [0.2, 0.25) is 11.8 Å². The molecule has 0 unspecified atom stereocenters. The molecule has 180 valence electrons. The van der Waals surface area contributed by atoms with Crippen LogP contribution < -0.4 is 10.1 Å². The minimum absolute atomic E-state index is 0.00932. The number of aromatic nitrogens is 1. The molecule has 7 nitrogen and oxygen atoms in total. The van der Waals surface area contributed by atoms with Gasteiger partial charge in [0.1, 0.15) is 11.3 Å². The lowest BCUT2D eigenvalue weighted by Gasteiger charge is -2.25. The number of carbonyl (C=O) groups excluding carboxylic acids is 2. The van der Waals surface area contributed by atoms with Gasteiger partial charge in [0.05, 0.1) is 0 Å². The molecular formula is C24H24F3N3O4. The number of rotatable bonds is 6. The number of fused-ring (bicyclic) bond motifs is 1. The maximum absolute atomic E-state index is 13.0. The highest BCUT2D eigenvalue weighted by atomic mass is 19.4. The first-order valence-electron chi connectivity index (χ1n) is 11.0. The molecule has 0 saturated heterocycles. The molecule has 2 aromatic carbocycles. The summed E-state index contributed by atoms with van der Waals surface area (Å²) in [5, 5.41) is 2.84. The van der Waals surface area contributed by atoms with Crippen LogP contribution in [-0.4, -0.2) is 47.7 Å². The molecule has 2 amide bonds. The van der Waals surface area contributed by atoms with Crippen molar-refractivity contribution in [2.45, 2.75) is 38.6 Å². The Morgan fingerprint density at radius 1 is 1.18 bits per heavy atom. The molecule has 1 aliphatic rings. The van der Waals surface area contributed by atoms with Gasteiger partial charge in [0, 0.05) is 42.7 Å². The molecule has 1 N–H and O–H groups in total. The van der Waals surface area contributed by atoms with Crippen LogP contribution in [0, 0.1) is 5.92 Å². The van der Waals surface area contributed by atoms with Crippen molar-refractivity contribution in [3.8, 4) is 17.2 Å². The van der Waals surface area contributed by atoms with Gasteiger partial charge in [-0.25, -0.2) is 4.98 Å². The Morgan fingerprint density at radius 2 is 1.91 bits per heavy atom. The van der Waals surface area contributed by atoms with Crippen molar-refractivity contribution in [1.29, 1.82) is 0 Å². The largest absolute Gasteiger partial charge is 0.573 e. The Hall–Kier alpha value is -3.56. The predicted molar refractivity (Wildman–Crippen MR) is 118 cm³/mol. The molecule has 1 aliphatic carbocycles. The molecule has 0 spiro atoms. The lowest BCUT2D eigenvalue weighted by Crippen LogP contribution is -2.36. The zero-order valence-corrected chi connectivity index (χ0v) is 18.7. The van der Waals surface area contributed by atoms with E-state index in [2.05, 4.69) is 15.0 Å². The maximum atomic E-state index is 13.0. The molecule has 1 saturated carbocycles. The zero-order chi connectivity index (χ0) is 24.5. The number of halogens is 3. The third-order valence-electron chi connectivity index (χ3n) is 5.97. The summed E-state index contributed by atoms with van der Waals surface area (Å²) in [5.41, 5.74) is 1.59. The van der Waals surface area contributed by atoms with Gasteiger partial charge < -0.3 is 19.4 Å². The van der Waals surface area contributed by atoms with E-state index >= 15 is 0 Å². The van der Waals surface area contributed by atoms with Crippen molar-refractivity contribution in [3.63, 3.8) is 0 Å². The summed E-state index contributed by atoms with van der Waals surface area (Å²) >= 11 is 0. The first-order chi connectivity index (χ1) is 16.1. The van der Waals surface area contributed by atoms with Gasteiger partial charge >= 0.3 is 6.36 Å². The molecule has 0 radical (unpaired) electrons. The van der Waals surface area contributed by atoms with E-state index in [-0.39, 0.29) is 40.9 Å². The van der Waals surface area contributed by atoms with E-state index in [0.717, 1.165) is 25.0 Å². The van der Waals surface area contributed by atoms with Crippen molar-refractivity contribution in [2.75, 3.05) is 13.6 Å². The second-order valence-corrected chi connectivity index (χ2v) is 8.25. The van der Waals surface area contributed by atoms with Crippen LogP contribution in [0.15, 0.2) is 46.9 Å². The second-order valence-electron chi connectivity index (χ2n) is 8.25. The Morgan fingerprint density at radius 3 is 2.59 bits per heavy atom. The van der Waals surface area contributed by atoms with E-state index in [1.165, 1.54) is 6.07 Å². The molecule has 2 atom stereocenters. The van der Waals surface area contributed by atoms with Crippen LogP contribution in [0.4, 0.5) is 13.2 Å². The quantitative estimate of drug-likeness (QED) is 0.555. The Bertz CT molecular complexity index is 1190. The van der Waals surface area contributed by atoms with Gasteiger partial charge in [-0.1, -0.05) is 0 Å². The van der Waals surface area contributed by atoms with Crippen molar-refractivity contribution >= 4 is 22.9 Å². The van der Waals surface area contributed by atoms with E-state index in [1.807, 2.05) is 6.92 Å². The summed E-state index contributed by atoms with van der Waals surface area (Å²) in [6, 6.07) is 10.3. The maximum Gasteiger partial charge on any atom is 0.573 e. The van der Waals surface area contributed by atoms with Crippen molar-refractivity contribution in [3.05, 3.63) is 48.0 Å². The summed E-state index contributed by atoms with van der Waals surface area (Å²) in [4.78, 5) is 31.0. The van der Waals surface area contributed by atoms with Crippen LogP contribution in [0.25, 0.3) is 22.6 Å². The molecular weight excluding hydrogens is 451 g/mol. The van der Waals surface area contributed by atoms with E-state index in [0.29, 0.717) is 29.7 Å². The molecule has 0 bridgehead atoms. The Kier molecular flexibility index (Phi) is 6.49. The van der Waals surface area contributed by atoms with Crippen LogP contribution in [0.5, 0.6) is 5.75 Å². The van der Waals surface area contributed by atoms with Gasteiger partial charge in [-0.2, -0.15) is 0 Å². The smallest absolute Gasteiger partial charge is 0.436 e. The summed E-state index contributed by atoms with van der Waals surface area (Å²) < 4.78 is 46.9. The zero-order valence-electron chi connectivity index (χ0n) is 18.7. The van der Waals surface area contributed by atoms with Crippen molar-refractivity contribution in [2.24, 2.45) is 5.92 Å². The highest BCUT2D eigenvalue weighted by molar-refractivity contribution is 5.95. The molecule has 0 aliphatic heterocycles. The predicted octanol–water partition coefficient (Wildman–Crippen LogP) is 4.77. The van der Waals surface area contributed by atoms with Gasteiger partial charge in [0.15, 0.2) is 5.58 Å². The lowest BCUT2D eigenvalue weighted by molar-refractivity contribution is -0.274. The van der Waals surface area contributed by atoms with Crippen molar-refractivity contribution in [1.82, 2.24) is 15.2 Å². The third-order valence-corrected chi connectivity index (χ3v) is 5.97. The number of nitrogens with zero attached hydrogens (tertiary/aromatic N) is 2. The number of amides is 2. The summed E-state index contributed by atoms with van der Waals surface area (Å²) in [6.45, 7) is 2.47. The topological polar surface area (TPSA) is 84.7 Å². The fourth-order valence-corrected chi connectivity index (χ4v) is 4.22. The average molecular weight is 475 g/mol. The fraction of sp³-hybridized carbons (Fsp3) is 0.375. The summed E-state index contributed by atoms with van der Waals surface area (Å²) in [6.07, 6.45) is -2.64. The highest BCUT2D eigenvalue weighted by Gasteiger charge is 2.34. The fourth-order valence-electron chi connectivity index (χ4n) is 4.22. The van der Waals surface area contributed by atoms with Crippen LogP contribution >= 0.6 is 0 Å². The molecule has 10 heteroatoms. The highest BCUT2D eigenvalue weighted by Crippen LogP contribution is 2.31. The molecule has 1 aromatic heterocycles. The number of carbonyl (C=O) groups is 2.